The van der Waals surface area contributed by atoms with Crippen LogP contribution < -0.4 is 0 Å². The van der Waals surface area contributed by atoms with Gasteiger partial charge in [-0.25, -0.2) is 0 Å². The quantitative estimate of drug-likeness (QED) is 0.501. The fourth-order valence-corrected chi connectivity index (χ4v) is 1.84. The van der Waals surface area contributed by atoms with E-state index in [1.807, 2.05) is 0 Å². The second-order valence-electron chi connectivity index (χ2n) is 3.81. The maximum Gasteiger partial charge on any atom is -0.00187 e. The van der Waals surface area contributed by atoms with E-state index >= 15 is 0 Å². The number of nitrogens with zero attached hydrogens (tertiary/aromatic N) is 1. The van der Waals surface area contributed by atoms with Crippen LogP contribution >= 0.6 is 0 Å². The minimum atomic E-state index is 1.28. The molecular formula is C11H21N. The summed E-state index contributed by atoms with van der Waals surface area (Å²) in [6.07, 6.45) is 9.06. The summed E-state index contributed by atoms with van der Waals surface area (Å²) in [6, 6.07) is 0. The predicted octanol–water partition coefficient (Wildman–Crippen LogP) is 2.83. The summed E-state index contributed by atoms with van der Waals surface area (Å²) >= 11 is 0. The number of allylic oxidation sites excluding steroid dienone is 2. The molecule has 0 bridgehead atoms. The Hall–Kier alpha value is -0.300. The molecule has 1 aliphatic rings. The first-order valence-electron chi connectivity index (χ1n) is 5.15. The molecule has 0 aliphatic carbocycles. The molecule has 12 heavy (non-hydrogen) atoms. The van der Waals surface area contributed by atoms with Crippen molar-refractivity contribution >= 4 is 0 Å². The van der Waals surface area contributed by atoms with Crippen molar-refractivity contribution in [2.75, 3.05) is 20.1 Å². The summed E-state index contributed by atoms with van der Waals surface area (Å²) in [5.41, 5.74) is 1.67. The van der Waals surface area contributed by atoms with E-state index < -0.39 is 0 Å². The third-order valence-corrected chi connectivity index (χ3v) is 2.73. The lowest BCUT2D eigenvalue weighted by Crippen LogP contribution is -2.20. The van der Waals surface area contributed by atoms with Crippen molar-refractivity contribution in [3.63, 3.8) is 0 Å². The Kier molecular flexibility index (Phi) is 4.37. The van der Waals surface area contributed by atoms with E-state index in [2.05, 4.69) is 24.9 Å². The molecule has 0 spiro atoms. The zero-order valence-corrected chi connectivity index (χ0v) is 8.47. The summed E-state index contributed by atoms with van der Waals surface area (Å²) in [4.78, 5) is 2.46. The molecule has 1 heteroatoms. The van der Waals surface area contributed by atoms with Crippen molar-refractivity contribution in [1.29, 1.82) is 0 Å². The molecular weight excluding hydrogens is 146 g/mol. The van der Waals surface area contributed by atoms with Gasteiger partial charge >= 0.3 is 0 Å². The van der Waals surface area contributed by atoms with Crippen LogP contribution in [-0.2, 0) is 0 Å². The van der Waals surface area contributed by atoms with Gasteiger partial charge in [-0.1, -0.05) is 11.6 Å². The molecule has 1 heterocycles. The van der Waals surface area contributed by atoms with E-state index in [1.165, 1.54) is 45.2 Å². The molecule has 0 N–H and O–H groups in total. The maximum atomic E-state index is 2.46. The van der Waals surface area contributed by atoms with Gasteiger partial charge in [0, 0.05) is 0 Å². The highest BCUT2D eigenvalue weighted by Crippen LogP contribution is 2.16. The second-order valence-corrected chi connectivity index (χ2v) is 3.81. The largest absolute Gasteiger partial charge is 0.306 e. The van der Waals surface area contributed by atoms with Gasteiger partial charge in [0.1, 0.15) is 0 Å². The molecule has 0 atom stereocenters. The van der Waals surface area contributed by atoms with Crippen LogP contribution in [0.1, 0.15) is 39.0 Å². The minimum Gasteiger partial charge on any atom is -0.306 e. The average molecular weight is 167 g/mol. The Bertz CT molecular complexity index is 149. The van der Waals surface area contributed by atoms with Crippen LogP contribution in [0.25, 0.3) is 0 Å². The van der Waals surface area contributed by atoms with Gasteiger partial charge in [0.05, 0.1) is 0 Å². The molecule has 0 radical (unpaired) electrons. The topological polar surface area (TPSA) is 3.24 Å². The first-order valence-corrected chi connectivity index (χ1v) is 5.15. The summed E-state index contributed by atoms with van der Waals surface area (Å²) < 4.78 is 0. The van der Waals surface area contributed by atoms with Crippen molar-refractivity contribution in [1.82, 2.24) is 4.90 Å². The number of hydrogen-bond acceptors (Lipinski definition) is 1. The van der Waals surface area contributed by atoms with Crippen LogP contribution in [0.15, 0.2) is 11.6 Å². The standard InChI is InChI=1S/C11H21N/c1-3-11-7-4-5-9-12(2)10-6-8-11/h3H,4-10H2,1-2H3/b11-3+. The lowest BCUT2D eigenvalue weighted by molar-refractivity contribution is 0.328. The molecule has 0 aromatic heterocycles. The van der Waals surface area contributed by atoms with Crippen LogP contribution in [0.2, 0.25) is 0 Å². The highest BCUT2D eigenvalue weighted by molar-refractivity contribution is 5.00. The fourth-order valence-electron chi connectivity index (χ4n) is 1.84. The van der Waals surface area contributed by atoms with Crippen molar-refractivity contribution in [3.05, 3.63) is 11.6 Å². The molecule has 1 nitrogen and oxygen atoms in total. The van der Waals surface area contributed by atoms with Crippen molar-refractivity contribution < 1.29 is 0 Å². The zero-order chi connectivity index (χ0) is 8.81. The van der Waals surface area contributed by atoms with Crippen LogP contribution in [0, 0.1) is 0 Å². The average Bonchev–Trinajstić information content (AvgIpc) is 2.17. The van der Waals surface area contributed by atoms with Crippen LogP contribution in [0.5, 0.6) is 0 Å². The minimum absolute atomic E-state index is 1.28. The molecule has 1 rings (SSSR count). The molecule has 0 saturated carbocycles. The lowest BCUT2D eigenvalue weighted by Gasteiger charge is -2.13. The Labute approximate surface area is 76.5 Å². The second kappa shape index (κ2) is 5.36. The SMILES string of the molecule is C/C=C1\CCCCN(C)CCC1. The Balaban J connectivity index is 2.37. The first kappa shape index (κ1) is 9.79. The predicted molar refractivity (Wildman–Crippen MR) is 54.3 cm³/mol. The van der Waals surface area contributed by atoms with Gasteiger partial charge in [0.15, 0.2) is 0 Å². The highest BCUT2D eigenvalue weighted by atomic mass is 15.1. The summed E-state index contributed by atoms with van der Waals surface area (Å²) in [6.45, 7) is 4.74. The fraction of sp³-hybridized carbons (Fsp3) is 0.818. The van der Waals surface area contributed by atoms with Crippen LogP contribution in [0.4, 0.5) is 0 Å². The van der Waals surface area contributed by atoms with E-state index in [9.17, 15) is 0 Å². The molecule has 70 valence electrons. The maximum absolute atomic E-state index is 2.46. The van der Waals surface area contributed by atoms with E-state index in [-0.39, 0.29) is 0 Å². The number of rotatable bonds is 0. The van der Waals surface area contributed by atoms with E-state index in [1.54, 1.807) is 5.57 Å². The van der Waals surface area contributed by atoms with Crippen molar-refractivity contribution in [2.24, 2.45) is 0 Å². The first-order chi connectivity index (χ1) is 5.83. The van der Waals surface area contributed by atoms with Gasteiger partial charge in [0.25, 0.3) is 0 Å². The Morgan fingerprint density at radius 2 is 1.75 bits per heavy atom. The van der Waals surface area contributed by atoms with Gasteiger partial charge in [-0.05, 0) is 59.2 Å². The third-order valence-electron chi connectivity index (χ3n) is 2.73. The Morgan fingerprint density at radius 1 is 1.08 bits per heavy atom. The normalized spacial score (nSPS) is 26.3. The number of hydrogen-bond donors (Lipinski definition) is 0. The van der Waals surface area contributed by atoms with Gasteiger partial charge in [-0.3, -0.25) is 0 Å². The van der Waals surface area contributed by atoms with Crippen molar-refractivity contribution in [3.8, 4) is 0 Å². The van der Waals surface area contributed by atoms with Crippen LogP contribution in [0.3, 0.4) is 0 Å². The van der Waals surface area contributed by atoms with Gasteiger partial charge in [-0.15, -0.1) is 0 Å². The molecule has 0 unspecified atom stereocenters. The summed E-state index contributed by atoms with van der Waals surface area (Å²) in [5.74, 6) is 0. The molecule has 1 fully saturated rings. The molecule has 1 aliphatic heterocycles. The van der Waals surface area contributed by atoms with E-state index in [0.717, 1.165) is 0 Å². The third kappa shape index (κ3) is 3.40. The summed E-state index contributed by atoms with van der Waals surface area (Å²) in [5, 5.41) is 0. The molecule has 1 saturated heterocycles. The van der Waals surface area contributed by atoms with Gasteiger partial charge < -0.3 is 4.90 Å². The highest BCUT2D eigenvalue weighted by Gasteiger charge is 2.04. The van der Waals surface area contributed by atoms with Crippen molar-refractivity contribution in [2.45, 2.75) is 39.0 Å². The Morgan fingerprint density at radius 3 is 2.50 bits per heavy atom. The summed E-state index contributed by atoms with van der Waals surface area (Å²) in [7, 11) is 2.24. The van der Waals surface area contributed by atoms with Gasteiger partial charge in [-0.2, -0.15) is 0 Å². The van der Waals surface area contributed by atoms with Crippen LogP contribution in [-0.4, -0.2) is 25.0 Å². The monoisotopic (exact) mass is 167 g/mol. The molecule has 0 amide bonds. The van der Waals surface area contributed by atoms with E-state index in [0.29, 0.717) is 0 Å². The zero-order valence-electron chi connectivity index (χ0n) is 8.47. The lowest BCUT2D eigenvalue weighted by atomic mass is 10.0. The van der Waals surface area contributed by atoms with Gasteiger partial charge in [0.2, 0.25) is 0 Å². The smallest absolute Gasteiger partial charge is 0.00187 e. The molecule has 0 aromatic carbocycles. The van der Waals surface area contributed by atoms with E-state index in [4.69, 9.17) is 0 Å². The molecule has 0 aromatic rings.